The van der Waals surface area contributed by atoms with Crippen LogP contribution in [-0.2, 0) is 9.59 Å². The monoisotopic (exact) mass is 255 g/mol. The Bertz CT molecular complexity index is 669. The van der Waals surface area contributed by atoms with E-state index in [0.29, 0.717) is 0 Å². The summed E-state index contributed by atoms with van der Waals surface area (Å²) in [5.74, 6) is -0.352. The smallest absolute Gasteiger partial charge is 0.251 e. The van der Waals surface area contributed by atoms with Gasteiger partial charge in [0.1, 0.15) is 6.04 Å². The van der Waals surface area contributed by atoms with Crippen molar-refractivity contribution in [2.75, 3.05) is 12.4 Å². The number of rotatable bonds is 2. The number of anilines is 1. The van der Waals surface area contributed by atoms with Gasteiger partial charge in [-0.3, -0.25) is 19.5 Å². The molecule has 19 heavy (non-hydrogen) atoms. The molecule has 1 aromatic carbocycles. The van der Waals surface area contributed by atoms with Crippen molar-refractivity contribution in [3.63, 3.8) is 0 Å². The zero-order valence-corrected chi connectivity index (χ0v) is 10.5. The van der Waals surface area contributed by atoms with Crippen LogP contribution in [0.3, 0.4) is 0 Å². The number of nitrogens with zero attached hydrogens (tertiary/aromatic N) is 2. The highest BCUT2D eigenvalue weighted by atomic mass is 16.2. The van der Waals surface area contributed by atoms with Crippen LogP contribution >= 0.6 is 0 Å². The lowest BCUT2D eigenvalue weighted by atomic mass is 10.2. The van der Waals surface area contributed by atoms with E-state index in [-0.39, 0.29) is 18.2 Å². The van der Waals surface area contributed by atoms with E-state index in [2.05, 4.69) is 10.3 Å². The molecule has 0 aliphatic carbocycles. The van der Waals surface area contributed by atoms with Gasteiger partial charge in [0.25, 0.3) is 5.91 Å². The maximum Gasteiger partial charge on any atom is 0.251 e. The molecule has 2 heterocycles. The van der Waals surface area contributed by atoms with Crippen LogP contribution in [0.2, 0.25) is 0 Å². The zero-order chi connectivity index (χ0) is 13.4. The number of imide groups is 1. The predicted molar refractivity (Wildman–Crippen MR) is 71.5 cm³/mol. The van der Waals surface area contributed by atoms with E-state index in [1.54, 1.807) is 6.20 Å². The van der Waals surface area contributed by atoms with E-state index in [0.717, 1.165) is 21.5 Å². The molecule has 0 saturated carbocycles. The lowest BCUT2D eigenvalue weighted by Gasteiger charge is -2.12. The number of hydrogen-bond acceptors (Lipinski definition) is 4. The van der Waals surface area contributed by atoms with Crippen LogP contribution in [0, 0.1) is 0 Å². The minimum absolute atomic E-state index is 0.156. The van der Waals surface area contributed by atoms with Crippen LogP contribution in [0.5, 0.6) is 0 Å². The second-order valence-corrected chi connectivity index (χ2v) is 4.61. The summed E-state index contributed by atoms with van der Waals surface area (Å²) in [6.07, 6.45) is 1.88. The van der Waals surface area contributed by atoms with Gasteiger partial charge in [-0.2, -0.15) is 0 Å². The number of aromatic nitrogens is 1. The van der Waals surface area contributed by atoms with Crippen molar-refractivity contribution in [3.05, 3.63) is 36.5 Å². The molecule has 1 aromatic heterocycles. The molecular weight excluding hydrogens is 242 g/mol. The molecule has 2 amide bonds. The average molecular weight is 255 g/mol. The van der Waals surface area contributed by atoms with Crippen LogP contribution in [-0.4, -0.2) is 34.8 Å². The number of pyridine rings is 1. The first kappa shape index (κ1) is 11.6. The lowest BCUT2D eigenvalue weighted by Crippen LogP contribution is -2.31. The lowest BCUT2D eigenvalue weighted by molar-refractivity contribution is -0.136. The molecule has 1 atom stereocenters. The van der Waals surface area contributed by atoms with Crippen molar-refractivity contribution in [2.24, 2.45) is 0 Å². The predicted octanol–water partition coefficient (Wildman–Crippen LogP) is 1.40. The molecule has 0 spiro atoms. The third-order valence-electron chi connectivity index (χ3n) is 3.31. The van der Waals surface area contributed by atoms with Gasteiger partial charge in [0.2, 0.25) is 5.91 Å². The van der Waals surface area contributed by atoms with E-state index < -0.39 is 6.04 Å². The highest BCUT2D eigenvalue weighted by Gasteiger charge is 2.35. The SMILES string of the molecule is CN1C(=O)CC(Nc2cnc3ccccc3c2)C1=O. The van der Waals surface area contributed by atoms with Crippen LogP contribution < -0.4 is 5.32 Å². The molecule has 1 aliphatic rings. The molecule has 3 rings (SSSR count). The van der Waals surface area contributed by atoms with Crippen LogP contribution in [0.25, 0.3) is 10.9 Å². The number of para-hydroxylation sites is 1. The van der Waals surface area contributed by atoms with Crippen molar-refractivity contribution in [1.82, 2.24) is 9.88 Å². The van der Waals surface area contributed by atoms with E-state index in [9.17, 15) is 9.59 Å². The number of likely N-dealkylation sites (N-methyl/N-ethyl adjacent to an activating group) is 1. The number of hydrogen-bond donors (Lipinski definition) is 1. The van der Waals surface area contributed by atoms with Gasteiger partial charge in [0, 0.05) is 12.4 Å². The number of benzene rings is 1. The summed E-state index contributed by atoms with van der Waals surface area (Å²) in [4.78, 5) is 28.7. The molecule has 2 aromatic rings. The van der Waals surface area contributed by atoms with Gasteiger partial charge in [-0.25, -0.2) is 0 Å². The molecule has 1 fully saturated rings. The van der Waals surface area contributed by atoms with Gasteiger partial charge in [0.15, 0.2) is 0 Å². The summed E-state index contributed by atoms with van der Waals surface area (Å²) in [5, 5.41) is 4.07. The summed E-state index contributed by atoms with van der Waals surface area (Å²) in [7, 11) is 1.50. The van der Waals surface area contributed by atoms with Crippen LogP contribution in [0.1, 0.15) is 6.42 Å². The summed E-state index contributed by atoms with van der Waals surface area (Å²) < 4.78 is 0. The third-order valence-corrected chi connectivity index (χ3v) is 3.31. The fraction of sp³-hybridized carbons (Fsp3) is 0.214. The number of nitrogens with one attached hydrogen (secondary N) is 1. The van der Waals surface area contributed by atoms with Crippen LogP contribution in [0.4, 0.5) is 5.69 Å². The van der Waals surface area contributed by atoms with Gasteiger partial charge in [0.05, 0.1) is 23.8 Å². The Labute approximate surface area is 110 Å². The molecule has 1 saturated heterocycles. The topological polar surface area (TPSA) is 62.3 Å². The second kappa shape index (κ2) is 4.35. The van der Waals surface area contributed by atoms with Crippen LogP contribution in [0.15, 0.2) is 36.5 Å². The Morgan fingerprint density at radius 3 is 2.84 bits per heavy atom. The Hall–Kier alpha value is -2.43. The van der Waals surface area contributed by atoms with Gasteiger partial charge in [-0.15, -0.1) is 0 Å². The van der Waals surface area contributed by atoms with Crippen molar-refractivity contribution >= 4 is 28.4 Å². The van der Waals surface area contributed by atoms with E-state index >= 15 is 0 Å². The number of fused-ring (bicyclic) bond motifs is 1. The number of likely N-dealkylation sites (tertiary alicyclic amines) is 1. The summed E-state index contributed by atoms with van der Waals surface area (Å²) in [5.41, 5.74) is 1.65. The fourth-order valence-electron chi connectivity index (χ4n) is 2.22. The first-order valence-corrected chi connectivity index (χ1v) is 6.07. The minimum Gasteiger partial charge on any atom is -0.372 e. The zero-order valence-electron chi connectivity index (χ0n) is 10.5. The highest BCUT2D eigenvalue weighted by Crippen LogP contribution is 2.20. The molecule has 0 radical (unpaired) electrons. The van der Waals surface area contributed by atoms with Gasteiger partial charge in [-0.1, -0.05) is 18.2 Å². The first-order chi connectivity index (χ1) is 9.15. The second-order valence-electron chi connectivity index (χ2n) is 4.61. The Kier molecular flexibility index (Phi) is 2.67. The highest BCUT2D eigenvalue weighted by molar-refractivity contribution is 6.06. The Balaban J connectivity index is 1.86. The third kappa shape index (κ3) is 2.03. The summed E-state index contributed by atoms with van der Waals surface area (Å²) in [6.45, 7) is 0. The normalized spacial score (nSPS) is 19.2. The van der Waals surface area contributed by atoms with Crippen molar-refractivity contribution in [3.8, 4) is 0 Å². The van der Waals surface area contributed by atoms with Crippen molar-refractivity contribution in [2.45, 2.75) is 12.5 Å². The van der Waals surface area contributed by atoms with E-state index in [1.165, 1.54) is 7.05 Å². The largest absolute Gasteiger partial charge is 0.372 e. The standard InChI is InChI=1S/C14H13N3O2/c1-17-13(18)7-12(14(17)19)16-10-6-9-4-2-3-5-11(9)15-8-10/h2-6,8,12,16H,7H2,1H3. The van der Waals surface area contributed by atoms with E-state index in [1.807, 2.05) is 30.3 Å². The first-order valence-electron chi connectivity index (χ1n) is 6.07. The van der Waals surface area contributed by atoms with Gasteiger partial charge < -0.3 is 5.32 Å². The van der Waals surface area contributed by atoms with Crippen molar-refractivity contribution < 1.29 is 9.59 Å². The minimum atomic E-state index is -0.486. The Morgan fingerprint density at radius 1 is 1.32 bits per heavy atom. The molecule has 5 nitrogen and oxygen atoms in total. The Morgan fingerprint density at radius 2 is 2.11 bits per heavy atom. The van der Waals surface area contributed by atoms with Crippen molar-refractivity contribution in [1.29, 1.82) is 0 Å². The van der Waals surface area contributed by atoms with Gasteiger partial charge in [-0.05, 0) is 12.1 Å². The average Bonchev–Trinajstić information content (AvgIpc) is 2.66. The van der Waals surface area contributed by atoms with Gasteiger partial charge >= 0.3 is 0 Å². The fourth-order valence-corrected chi connectivity index (χ4v) is 2.22. The maximum absolute atomic E-state index is 11.8. The summed E-state index contributed by atoms with van der Waals surface area (Å²) in [6, 6.07) is 9.19. The van der Waals surface area contributed by atoms with E-state index in [4.69, 9.17) is 0 Å². The number of carbonyl (C=O) groups excluding carboxylic acids is 2. The quantitative estimate of drug-likeness (QED) is 0.824. The number of amides is 2. The molecule has 1 aliphatic heterocycles. The summed E-state index contributed by atoms with van der Waals surface area (Å²) >= 11 is 0. The molecule has 1 N–H and O–H groups in total. The number of carbonyl (C=O) groups is 2. The molecule has 1 unspecified atom stereocenters. The maximum atomic E-state index is 11.8. The molecule has 5 heteroatoms. The molecule has 0 bridgehead atoms. The molecular formula is C14H13N3O2. The molecule has 96 valence electrons.